The number of nitrogen functional groups attached to an aromatic ring is 1. The average molecular weight is 276 g/mol. The first-order valence-electron chi connectivity index (χ1n) is 5.89. The van der Waals surface area contributed by atoms with Crippen LogP contribution in [-0.4, -0.2) is 31.3 Å². The van der Waals surface area contributed by atoms with Gasteiger partial charge in [0, 0.05) is 19.7 Å². The van der Waals surface area contributed by atoms with E-state index in [0.29, 0.717) is 26.3 Å². The second-order valence-corrected chi connectivity index (χ2v) is 4.19. The molecule has 1 aromatic rings. The molecule has 1 aliphatic heterocycles. The zero-order valence-electron chi connectivity index (χ0n) is 10.2. The summed E-state index contributed by atoms with van der Waals surface area (Å²) in [6, 6.07) is 1.92. The van der Waals surface area contributed by atoms with E-state index in [9.17, 15) is 13.2 Å². The number of rotatable bonds is 2. The molecule has 0 bridgehead atoms. The van der Waals surface area contributed by atoms with Crippen LogP contribution in [0.2, 0.25) is 0 Å². The number of nitrogens with two attached hydrogens (primary N) is 1. The Morgan fingerprint density at radius 2 is 2.05 bits per heavy atom. The zero-order chi connectivity index (χ0) is 13.9. The first-order chi connectivity index (χ1) is 9.00. The highest BCUT2D eigenvalue weighted by molar-refractivity contribution is 5.51. The van der Waals surface area contributed by atoms with Gasteiger partial charge in [-0.2, -0.15) is 13.2 Å². The SMILES string of the molecule is NNc1cc(C(F)(F)F)cc(N2CCCOCC2)n1. The number of alkyl halides is 3. The lowest BCUT2D eigenvalue weighted by molar-refractivity contribution is -0.137. The number of halogens is 3. The number of ether oxygens (including phenoxy) is 1. The van der Waals surface area contributed by atoms with Gasteiger partial charge in [0.25, 0.3) is 0 Å². The lowest BCUT2D eigenvalue weighted by Gasteiger charge is -2.22. The predicted molar refractivity (Wildman–Crippen MR) is 64.7 cm³/mol. The summed E-state index contributed by atoms with van der Waals surface area (Å²) < 4.78 is 43.6. The number of pyridine rings is 1. The molecular formula is C11H15F3N4O. The molecular weight excluding hydrogens is 261 g/mol. The molecule has 0 aromatic carbocycles. The van der Waals surface area contributed by atoms with Gasteiger partial charge in [-0.1, -0.05) is 0 Å². The van der Waals surface area contributed by atoms with Crippen molar-refractivity contribution in [3.63, 3.8) is 0 Å². The highest BCUT2D eigenvalue weighted by Crippen LogP contribution is 2.32. The number of hydrazine groups is 1. The molecule has 19 heavy (non-hydrogen) atoms. The number of hydrogen-bond donors (Lipinski definition) is 2. The summed E-state index contributed by atoms with van der Waals surface area (Å²) in [5.41, 5.74) is 1.40. The number of aromatic nitrogens is 1. The maximum Gasteiger partial charge on any atom is 0.416 e. The van der Waals surface area contributed by atoms with Gasteiger partial charge < -0.3 is 15.1 Å². The summed E-state index contributed by atoms with van der Waals surface area (Å²) in [4.78, 5) is 5.83. The largest absolute Gasteiger partial charge is 0.416 e. The van der Waals surface area contributed by atoms with E-state index in [1.165, 1.54) is 0 Å². The minimum Gasteiger partial charge on any atom is -0.380 e. The molecule has 1 fully saturated rings. The molecule has 2 heterocycles. The van der Waals surface area contributed by atoms with E-state index in [0.717, 1.165) is 18.6 Å². The molecule has 0 unspecified atom stereocenters. The Morgan fingerprint density at radius 3 is 2.74 bits per heavy atom. The molecule has 0 radical (unpaired) electrons. The van der Waals surface area contributed by atoms with Gasteiger partial charge in [-0.25, -0.2) is 10.8 Å². The third-order valence-corrected chi connectivity index (χ3v) is 2.83. The van der Waals surface area contributed by atoms with E-state index >= 15 is 0 Å². The van der Waals surface area contributed by atoms with Crippen molar-refractivity contribution < 1.29 is 17.9 Å². The van der Waals surface area contributed by atoms with Gasteiger partial charge in [0.1, 0.15) is 11.6 Å². The van der Waals surface area contributed by atoms with Gasteiger partial charge in [-0.3, -0.25) is 0 Å². The summed E-state index contributed by atoms with van der Waals surface area (Å²) in [7, 11) is 0. The van der Waals surface area contributed by atoms with E-state index in [2.05, 4.69) is 10.4 Å². The van der Waals surface area contributed by atoms with Gasteiger partial charge in [0.2, 0.25) is 0 Å². The van der Waals surface area contributed by atoms with Crippen LogP contribution in [0.4, 0.5) is 24.8 Å². The quantitative estimate of drug-likeness (QED) is 0.634. The fourth-order valence-corrected chi connectivity index (χ4v) is 1.89. The normalized spacial score (nSPS) is 17.2. The molecule has 0 atom stereocenters. The van der Waals surface area contributed by atoms with Gasteiger partial charge >= 0.3 is 6.18 Å². The molecule has 0 amide bonds. The Labute approximate surface area is 108 Å². The smallest absolute Gasteiger partial charge is 0.380 e. The van der Waals surface area contributed by atoms with Crippen LogP contribution in [-0.2, 0) is 10.9 Å². The van der Waals surface area contributed by atoms with Crippen molar-refractivity contribution in [1.82, 2.24) is 4.98 Å². The monoisotopic (exact) mass is 276 g/mol. The molecule has 0 spiro atoms. The van der Waals surface area contributed by atoms with Crippen LogP contribution in [0.5, 0.6) is 0 Å². The van der Waals surface area contributed by atoms with Crippen LogP contribution in [0, 0.1) is 0 Å². The lowest BCUT2D eigenvalue weighted by Crippen LogP contribution is -2.27. The van der Waals surface area contributed by atoms with Crippen LogP contribution in [0.25, 0.3) is 0 Å². The third kappa shape index (κ3) is 3.48. The topological polar surface area (TPSA) is 63.4 Å². The maximum absolute atomic E-state index is 12.8. The third-order valence-electron chi connectivity index (χ3n) is 2.83. The Bertz CT molecular complexity index is 430. The maximum atomic E-state index is 12.8. The van der Waals surface area contributed by atoms with E-state index in [1.807, 2.05) is 0 Å². The molecule has 8 heteroatoms. The highest BCUT2D eigenvalue weighted by Gasteiger charge is 2.32. The summed E-state index contributed by atoms with van der Waals surface area (Å²) in [6.07, 6.45) is -3.67. The molecule has 1 saturated heterocycles. The Morgan fingerprint density at radius 1 is 1.26 bits per heavy atom. The van der Waals surface area contributed by atoms with Crippen molar-refractivity contribution in [1.29, 1.82) is 0 Å². The van der Waals surface area contributed by atoms with Crippen molar-refractivity contribution in [3.05, 3.63) is 17.7 Å². The van der Waals surface area contributed by atoms with Crippen molar-refractivity contribution in [3.8, 4) is 0 Å². The summed E-state index contributed by atoms with van der Waals surface area (Å²) in [5, 5.41) is 0. The van der Waals surface area contributed by atoms with Crippen LogP contribution < -0.4 is 16.2 Å². The van der Waals surface area contributed by atoms with E-state index in [-0.39, 0.29) is 11.6 Å². The van der Waals surface area contributed by atoms with Gasteiger partial charge in [-0.15, -0.1) is 0 Å². The van der Waals surface area contributed by atoms with Crippen LogP contribution in [0.3, 0.4) is 0 Å². The second kappa shape index (κ2) is 5.62. The van der Waals surface area contributed by atoms with Crippen molar-refractivity contribution in [2.45, 2.75) is 12.6 Å². The minimum atomic E-state index is -4.42. The van der Waals surface area contributed by atoms with Gasteiger partial charge in [0.15, 0.2) is 0 Å². The van der Waals surface area contributed by atoms with E-state index in [4.69, 9.17) is 10.6 Å². The van der Waals surface area contributed by atoms with Crippen LogP contribution >= 0.6 is 0 Å². The number of nitrogens with zero attached hydrogens (tertiary/aromatic N) is 2. The molecule has 0 saturated carbocycles. The first kappa shape index (κ1) is 13.9. The standard InChI is InChI=1S/C11H15F3N4O/c12-11(13,14)8-6-9(17-15)16-10(7-8)18-2-1-4-19-5-3-18/h6-7H,1-5,15H2,(H,16,17). The minimum absolute atomic E-state index is 0.00464. The summed E-state index contributed by atoms with van der Waals surface area (Å²) >= 11 is 0. The molecule has 1 aromatic heterocycles. The summed E-state index contributed by atoms with van der Waals surface area (Å²) in [5.74, 6) is 5.42. The Balaban J connectivity index is 2.33. The molecule has 5 nitrogen and oxygen atoms in total. The average Bonchev–Trinajstić information content (AvgIpc) is 2.66. The summed E-state index contributed by atoms with van der Waals surface area (Å²) in [6.45, 7) is 2.21. The first-order valence-corrected chi connectivity index (χ1v) is 5.89. The predicted octanol–water partition coefficient (Wildman–Crippen LogP) is 1.61. The second-order valence-electron chi connectivity index (χ2n) is 4.19. The van der Waals surface area contributed by atoms with Crippen LogP contribution in [0.1, 0.15) is 12.0 Å². The fourth-order valence-electron chi connectivity index (χ4n) is 1.89. The molecule has 106 valence electrons. The lowest BCUT2D eigenvalue weighted by atomic mass is 10.2. The molecule has 2 rings (SSSR count). The Kier molecular flexibility index (Phi) is 4.11. The van der Waals surface area contributed by atoms with Crippen molar-refractivity contribution >= 4 is 11.6 Å². The molecule has 0 aliphatic carbocycles. The fraction of sp³-hybridized carbons (Fsp3) is 0.545. The van der Waals surface area contributed by atoms with Gasteiger partial charge in [-0.05, 0) is 18.6 Å². The number of nitrogens with one attached hydrogen (secondary N) is 1. The highest BCUT2D eigenvalue weighted by atomic mass is 19.4. The molecule has 1 aliphatic rings. The molecule has 3 N–H and O–H groups in total. The van der Waals surface area contributed by atoms with E-state index in [1.54, 1.807) is 4.90 Å². The number of hydrogen-bond acceptors (Lipinski definition) is 5. The number of anilines is 2. The van der Waals surface area contributed by atoms with E-state index < -0.39 is 11.7 Å². The Hall–Kier alpha value is -1.54. The van der Waals surface area contributed by atoms with Crippen LogP contribution in [0.15, 0.2) is 12.1 Å². The van der Waals surface area contributed by atoms with Gasteiger partial charge in [0.05, 0.1) is 12.2 Å². The zero-order valence-corrected chi connectivity index (χ0v) is 10.2. The van der Waals surface area contributed by atoms with Crippen molar-refractivity contribution in [2.24, 2.45) is 5.84 Å². The van der Waals surface area contributed by atoms with Crippen molar-refractivity contribution in [2.75, 3.05) is 36.6 Å².